The van der Waals surface area contributed by atoms with E-state index in [-0.39, 0.29) is 6.61 Å². The number of benzene rings is 2. The van der Waals surface area contributed by atoms with Gasteiger partial charge in [-0.1, -0.05) is 60.2 Å². The third kappa shape index (κ3) is 2.88. The molecule has 0 radical (unpaired) electrons. The van der Waals surface area contributed by atoms with Crippen LogP contribution in [0.2, 0.25) is 0 Å². The second kappa shape index (κ2) is 5.65. The number of hydrogen-bond acceptors (Lipinski definition) is 1. The van der Waals surface area contributed by atoms with Gasteiger partial charge in [0, 0.05) is 0 Å². The first-order chi connectivity index (χ1) is 8.70. The highest BCUT2D eigenvalue weighted by Crippen LogP contribution is 2.23. The SMILES string of the molecule is C/C(=C\CO)c1ccc(-c2cccc(C)c2)cc1. The largest absolute Gasteiger partial charge is 0.392 e. The lowest BCUT2D eigenvalue weighted by Gasteiger charge is -2.05. The van der Waals surface area contributed by atoms with Gasteiger partial charge in [-0.25, -0.2) is 0 Å². The summed E-state index contributed by atoms with van der Waals surface area (Å²) < 4.78 is 0. The molecule has 2 rings (SSSR count). The summed E-state index contributed by atoms with van der Waals surface area (Å²) in [5.74, 6) is 0. The van der Waals surface area contributed by atoms with Gasteiger partial charge in [0.15, 0.2) is 0 Å². The fourth-order valence-electron chi connectivity index (χ4n) is 2.00. The number of aliphatic hydroxyl groups is 1. The predicted octanol–water partition coefficient (Wildman–Crippen LogP) is 4.06. The van der Waals surface area contributed by atoms with Crippen molar-refractivity contribution in [2.45, 2.75) is 13.8 Å². The van der Waals surface area contributed by atoms with Crippen molar-refractivity contribution in [3.63, 3.8) is 0 Å². The molecule has 1 heteroatoms. The van der Waals surface area contributed by atoms with Crippen LogP contribution in [0.25, 0.3) is 16.7 Å². The molecule has 0 aliphatic heterocycles. The lowest BCUT2D eigenvalue weighted by Crippen LogP contribution is -1.84. The van der Waals surface area contributed by atoms with Crippen molar-refractivity contribution in [3.8, 4) is 11.1 Å². The molecule has 0 atom stereocenters. The maximum absolute atomic E-state index is 8.88. The highest BCUT2D eigenvalue weighted by atomic mass is 16.2. The monoisotopic (exact) mass is 238 g/mol. The second-order valence-corrected chi connectivity index (χ2v) is 4.52. The normalized spacial score (nSPS) is 11.6. The minimum Gasteiger partial charge on any atom is -0.392 e. The van der Waals surface area contributed by atoms with Crippen molar-refractivity contribution in [3.05, 3.63) is 65.7 Å². The summed E-state index contributed by atoms with van der Waals surface area (Å²) in [4.78, 5) is 0. The van der Waals surface area contributed by atoms with Crippen LogP contribution in [0.15, 0.2) is 54.6 Å². The zero-order valence-corrected chi connectivity index (χ0v) is 10.9. The molecule has 0 heterocycles. The zero-order valence-electron chi connectivity index (χ0n) is 10.9. The molecule has 2 aromatic carbocycles. The van der Waals surface area contributed by atoms with Crippen molar-refractivity contribution in [1.82, 2.24) is 0 Å². The smallest absolute Gasteiger partial charge is 0.0618 e. The average Bonchev–Trinajstić information content (AvgIpc) is 2.39. The molecule has 1 N–H and O–H groups in total. The topological polar surface area (TPSA) is 20.2 Å². The fraction of sp³-hybridized carbons (Fsp3) is 0.176. The molecule has 0 aliphatic carbocycles. The van der Waals surface area contributed by atoms with E-state index < -0.39 is 0 Å². The van der Waals surface area contributed by atoms with E-state index >= 15 is 0 Å². The average molecular weight is 238 g/mol. The molecule has 0 spiro atoms. The fourth-order valence-corrected chi connectivity index (χ4v) is 2.00. The van der Waals surface area contributed by atoms with Crippen molar-refractivity contribution < 1.29 is 5.11 Å². The number of rotatable bonds is 3. The maximum atomic E-state index is 8.88. The van der Waals surface area contributed by atoms with Gasteiger partial charge in [-0.3, -0.25) is 0 Å². The molecular weight excluding hydrogens is 220 g/mol. The Morgan fingerprint density at radius 1 is 1.06 bits per heavy atom. The first-order valence-corrected chi connectivity index (χ1v) is 6.16. The van der Waals surface area contributed by atoms with Crippen LogP contribution in [0.1, 0.15) is 18.1 Å². The van der Waals surface area contributed by atoms with E-state index in [0.29, 0.717) is 0 Å². The molecule has 2 aromatic rings. The Morgan fingerprint density at radius 2 is 1.78 bits per heavy atom. The lowest BCUT2D eigenvalue weighted by atomic mass is 10.00. The summed E-state index contributed by atoms with van der Waals surface area (Å²) in [6, 6.07) is 16.9. The van der Waals surface area contributed by atoms with Gasteiger partial charge < -0.3 is 5.11 Å². The molecule has 18 heavy (non-hydrogen) atoms. The van der Waals surface area contributed by atoms with Crippen molar-refractivity contribution in [2.75, 3.05) is 6.61 Å². The Balaban J connectivity index is 2.30. The van der Waals surface area contributed by atoms with Gasteiger partial charge in [-0.15, -0.1) is 0 Å². The maximum Gasteiger partial charge on any atom is 0.0618 e. The van der Waals surface area contributed by atoms with Crippen molar-refractivity contribution >= 4 is 5.57 Å². The number of aliphatic hydroxyl groups excluding tert-OH is 1. The van der Waals surface area contributed by atoms with Crippen LogP contribution < -0.4 is 0 Å². The Hall–Kier alpha value is -1.86. The minimum atomic E-state index is 0.0888. The lowest BCUT2D eigenvalue weighted by molar-refractivity contribution is 0.343. The predicted molar refractivity (Wildman–Crippen MR) is 77.4 cm³/mol. The Labute approximate surface area is 108 Å². The molecule has 0 bridgehead atoms. The molecule has 0 fully saturated rings. The van der Waals surface area contributed by atoms with E-state index in [1.54, 1.807) is 0 Å². The highest BCUT2D eigenvalue weighted by molar-refractivity contribution is 5.69. The quantitative estimate of drug-likeness (QED) is 0.855. The minimum absolute atomic E-state index is 0.0888. The first kappa shape index (κ1) is 12.6. The number of hydrogen-bond donors (Lipinski definition) is 1. The van der Waals surface area contributed by atoms with E-state index in [1.165, 1.54) is 16.7 Å². The molecule has 92 valence electrons. The van der Waals surface area contributed by atoms with Gasteiger partial charge in [-0.05, 0) is 36.1 Å². The van der Waals surface area contributed by atoms with Crippen LogP contribution in [0.4, 0.5) is 0 Å². The van der Waals surface area contributed by atoms with Crippen LogP contribution in [0, 0.1) is 6.92 Å². The number of allylic oxidation sites excluding steroid dienone is 1. The number of aryl methyl sites for hydroxylation is 1. The van der Waals surface area contributed by atoms with Gasteiger partial charge in [0.05, 0.1) is 6.61 Å². The van der Waals surface area contributed by atoms with Crippen molar-refractivity contribution in [2.24, 2.45) is 0 Å². The molecule has 0 unspecified atom stereocenters. The summed E-state index contributed by atoms with van der Waals surface area (Å²) >= 11 is 0. The van der Waals surface area contributed by atoms with Crippen LogP contribution in [-0.2, 0) is 0 Å². The summed E-state index contributed by atoms with van der Waals surface area (Å²) in [5.41, 5.74) is 5.99. The Bertz CT molecular complexity index is 550. The summed E-state index contributed by atoms with van der Waals surface area (Å²) in [7, 11) is 0. The van der Waals surface area contributed by atoms with Crippen LogP contribution in [0.5, 0.6) is 0 Å². The van der Waals surface area contributed by atoms with Gasteiger partial charge in [0.1, 0.15) is 0 Å². The van der Waals surface area contributed by atoms with Crippen LogP contribution in [-0.4, -0.2) is 11.7 Å². The van der Waals surface area contributed by atoms with Crippen LogP contribution >= 0.6 is 0 Å². The van der Waals surface area contributed by atoms with Gasteiger partial charge >= 0.3 is 0 Å². The molecule has 0 aromatic heterocycles. The van der Waals surface area contributed by atoms with Gasteiger partial charge in [-0.2, -0.15) is 0 Å². The molecule has 0 saturated carbocycles. The van der Waals surface area contributed by atoms with E-state index in [0.717, 1.165) is 11.1 Å². The van der Waals surface area contributed by atoms with E-state index in [2.05, 4.69) is 55.5 Å². The Morgan fingerprint density at radius 3 is 2.39 bits per heavy atom. The van der Waals surface area contributed by atoms with Gasteiger partial charge in [0.2, 0.25) is 0 Å². The van der Waals surface area contributed by atoms with Crippen molar-refractivity contribution in [1.29, 1.82) is 0 Å². The van der Waals surface area contributed by atoms with E-state index in [1.807, 2.05) is 13.0 Å². The molecular formula is C17H18O. The standard InChI is InChI=1S/C17H18O/c1-13-4-3-5-17(12-13)16-8-6-15(7-9-16)14(2)10-11-18/h3-10,12,18H,11H2,1-2H3/b14-10+. The molecule has 1 nitrogen and oxygen atoms in total. The molecule has 0 aliphatic rings. The van der Waals surface area contributed by atoms with Gasteiger partial charge in [0.25, 0.3) is 0 Å². The molecule has 0 saturated heterocycles. The second-order valence-electron chi connectivity index (χ2n) is 4.52. The summed E-state index contributed by atoms with van der Waals surface area (Å²) in [5, 5.41) is 8.88. The highest BCUT2D eigenvalue weighted by Gasteiger charge is 1.99. The zero-order chi connectivity index (χ0) is 13.0. The van der Waals surface area contributed by atoms with E-state index in [4.69, 9.17) is 5.11 Å². The third-order valence-corrected chi connectivity index (χ3v) is 3.09. The summed E-state index contributed by atoms with van der Waals surface area (Å²) in [6.07, 6.45) is 1.82. The van der Waals surface area contributed by atoms with E-state index in [9.17, 15) is 0 Å². The third-order valence-electron chi connectivity index (χ3n) is 3.09. The molecule has 0 amide bonds. The summed E-state index contributed by atoms with van der Waals surface area (Å²) in [6.45, 7) is 4.20. The Kier molecular flexibility index (Phi) is 3.96. The first-order valence-electron chi connectivity index (χ1n) is 6.16. The van der Waals surface area contributed by atoms with Crippen LogP contribution in [0.3, 0.4) is 0 Å².